The Hall–Kier alpha value is -1.65. The van der Waals surface area contributed by atoms with Gasteiger partial charge in [-0.05, 0) is 48.8 Å². The van der Waals surface area contributed by atoms with Crippen molar-refractivity contribution in [2.45, 2.75) is 37.9 Å². The topological polar surface area (TPSA) is 125 Å². The molecule has 2 aromatic rings. The molecule has 0 radical (unpaired) electrons. The average molecular weight is 486 g/mol. The number of halogens is 1. The summed E-state index contributed by atoms with van der Waals surface area (Å²) in [6.45, 7) is 1.50. The highest BCUT2D eigenvalue weighted by Gasteiger charge is 2.38. The van der Waals surface area contributed by atoms with Crippen molar-refractivity contribution in [1.82, 2.24) is 15.2 Å². The zero-order chi connectivity index (χ0) is 20.9. The highest BCUT2D eigenvalue weighted by molar-refractivity contribution is 9.10. The minimum absolute atomic E-state index is 0.0448. The number of aliphatic hydroxyl groups excluding tert-OH is 1. The lowest BCUT2D eigenvalue weighted by Gasteiger charge is -2.41. The van der Waals surface area contributed by atoms with Crippen molar-refractivity contribution in [2.75, 3.05) is 36.1 Å². The molecular formula is C19H28BrN5O3S. The average Bonchev–Trinajstić information content (AvgIpc) is 3.10. The Labute approximate surface area is 180 Å². The first kappa shape index (κ1) is 22.0. The van der Waals surface area contributed by atoms with E-state index in [0.29, 0.717) is 25.5 Å². The molecule has 3 rings (SSSR count). The highest BCUT2D eigenvalue weighted by atomic mass is 79.9. The lowest BCUT2D eigenvalue weighted by atomic mass is 9.76. The zero-order valence-corrected chi connectivity index (χ0v) is 18.8. The summed E-state index contributed by atoms with van der Waals surface area (Å²) in [6, 6.07) is 7.42. The molecule has 1 saturated heterocycles. The number of aromatic nitrogens is 3. The number of rotatable bonds is 9. The first-order chi connectivity index (χ1) is 13.8. The molecule has 29 heavy (non-hydrogen) atoms. The molecule has 0 saturated carbocycles. The summed E-state index contributed by atoms with van der Waals surface area (Å²) >= 11 is 3.38. The maximum atomic E-state index is 13.0. The molecule has 1 aliphatic rings. The monoisotopic (exact) mass is 485 g/mol. The van der Waals surface area contributed by atoms with Crippen molar-refractivity contribution in [3.8, 4) is 0 Å². The van der Waals surface area contributed by atoms with Gasteiger partial charge >= 0.3 is 0 Å². The number of piperidine rings is 1. The lowest BCUT2D eigenvalue weighted by Crippen LogP contribution is -2.44. The van der Waals surface area contributed by atoms with E-state index in [9.17, 15) is 8.42 Å². The second-order valence-corrected chi connectivity index (χ2v) is 10.8. The number of nitrogens with two attached hydrogens (primary N) is 1. The summed E-state index contributed by atoms with van der Waals surface area (Å²) in [4.78, 5) is 6.22. The van der Waals surface area contributed by atoms with Crippen molar-refractivity contribution < 1.29 is 13.5 Å². The van der Waals surface area contributed by atoms with E-state index in [4.69, 9.17) is 10.8 Å². The maximum absolute atomic E-state index is 13.0. The molecule has 4 N–H and O–H groups in total. The molecule has 1 aromatic heterocycles. The largest absolute Gasteiger partial charge is 0.396 e. The maximum Gasteiger partial charge on any atom is 0.246 e. The number of aliphatic hydroxyl groups is 1. The number of anilines is 2. The predicted molar refractivity (Wildman–Crippen MR) is 117 cm³/mol. The summed E-state index contributed by atoms with van der Waals surface area (Å²) in [5.74, 6) is 1.04. The Morgan fingerprint density at radius 2 is 1.90 bits per heavy atom. The van der Waals surface area contributed by atoms with Gasteiger partial charge in [0, 0.05) is 24.2 Å². The number of nitrogens with one attached hydrogen (secondary N) is 1. The number of sulfone groups is 1. The van der Waals surface area contributed by atoms with Gasteiger partial charge in [0.05, 0.1) is 11.5 Å². The molecule has 0 amide bonds. The van der Waals surface area contributed by atoms with E-state index in [-0.39, 0.29) is 29.5 Å². The smallest absolute Gasteiger partial charge is 0.246 e. The van der Waals surface area contributed by atoms with Gasteiger partial charge in [-0.3, -0.25) is 0 Å². The van der Waals surface area contributed by atoms with Crippen LogP contribution in [0.3, 0.4) is 0 Å². The van der Waals surface area contributed by atoms with Crippen LogP contribution in [0, 0.1) is 5.41 Å². The molecule has 0 aliphatic carbocycles. The number of nitrogens with zero attached hydrogens (tertiary/aromatic N) is 3. The predicted octanol–water partition coefficient (Wildman–Crippen LogP) is 2.51. The first-order valence-corrected chi connectivity index (χ1v) is 12.4. The Morgan fingerprint density at radius 3 is 2.48 bits per heavy atom. The summed E-state index contributed by atoms with van der Waals surface area (Å²) in [5, 5.41) is 15.9. The SMILES string of the molecule is Nc1nc(N2CCC(CCCCO)(CS(=O)(=O)Cc3ccc(Br)cc3)CC2)n[nH]1. The first-order valence-electron chi connectivity index (χ1n) is 9.79. The second kappa shape index (κ2) is 9.44. The molecule has 0 bridgehead atoms. The molecule has 0 spiro atoms. The number of hydrogen-bond donors (Lipinski definition) is 3. The van der Waals surface area contributed by atoms with Crippen molar-refractivity contribution in [3.63, 3.8) is 0 Å². The summed E-state index contributed by atoms with van der Waals surface area (Å²) in [7, 11) is -3.27. The molecule has 0 atom stereocenters. The van der Waals surface area contributed by atoms with Gasteiger partial charge in [0.15, 0.2) is 9.84 Å². The van der Waals surface area contributed by atoms with Gasteiger partial charge in [-0.15, -0.1) is 5.10 Å². The van der Waals surface area contributed by atoms with Gasteiger partial charge < -0.3 is 15.7 Å². The Bertz CT molecular complexity index is 893. The van der Waals surface area contributed by atoms with Crippen LogP contribution in [0.15, 0.2) is 28.7 Å². The summed E-state index contributed by atoms with van der Waals surface area (Å²) in [6.07, 6.45) is 3.78. The van der Waals surface area contributed by atoms with E-state index in [2.05, 4.69) is 31.1 Å². The van der Waals surface area contributed by atoms with Gasteiger partial charge in [0.1, 0.15) is 0 Å². The standard InChI is InChI=1S/C19H28BrN5O3S/c20-16-5-3-15(4-6-16)13-29(27,28)14-19(7-1-2-12-26)8-10-25(11-9-19)18-22-17(21)23-24-18/h3-6,26H,1-2,7-14H2,(H3,21,22,23,24). The van der Waals surface area contributed by atoms with E-state index in [0.717, 1.165) is 35.7 Å². The minimum Gasteiger partial charge on any atom is -0.396 e. The van der Waals surface area contributed by atoms with Crippen LogP contribution in [0.1, 0.15) is 37.7 Å². The van der Waals surface area contributed by atoms with Crippen LogP contribution in [-0.4, -0.2) is 54.2 Å². The van der Waals surface area contributed by atoms with Crippen LogP contribution in [0.25, 0.3) is 0 Å². The summed E-state index contributed by atoms with van der Waals surface area (Å²) in [5.41, 5.74) is 6.13. The molecule has 10 heteroatoms. The number of H-pyrrole nitrogens is 1. The normalized spacial score (nSPS) is 16.8. The number of hydrogen-bond acceptors (Lipinski definition) is 7. The van der Waals surface area contributed by atoms with Crippen molar-refractivity contribution in [3.05, 3.63) is 34.3 Å². The Balaban J connectivity index is 1.70. The zero-order valence-electron chi connectivity index (χ0n) is 16.3. The highest BCUT2D eigenvalue weighted by Crippen LogP contribution is 2.39. The third-order valence-electron chi connectivity index (χ3n) is 5.54. The van der Waals surface area contributed by atoms with Gasteiger partial charge in [-0.1, -0.05) is 34.5 Å². The molecular weight excluding hydrogens is 458 g/mol. The number of unbranched alkanes of at least 4 members (excludes halogenated alkanes) is 1. The van der Waals surface area contributed by atoms with Crippen LogP contribution in [0.5, 0.6) is 0 Å². The van der Waals surface area contributed by atoms with E-state index in [1.807, 2.05) is 29.2 Å². The third kappa shape index (κ3) is 6.16. The van der Waals surface area contributed by atoms with Crippen molar-refractivity contribution in [1.29, 1.82) is 0 Å². The quantitative estimate of drug-likeness (QED) is 0.465. The van der Waals surface area contributed by atoms with Gasteiger partial charge in [-0.2, -0.15) is 4.98 Å². The molecule has 2 heterocycles. The van der Waals surface area contributed by atoms with Crippen LogP contribution in [-0.2, 0) is 15.6 Å². The van der Waals surface area contributed by atoms with Crippen LogP contribution >= 0.6 is 15.9 Å². The van der Waals surface area contributed by atoms with Gasteiger partial charge in [-0.25, -0.2) is 13.5 Å². The van der Waals surface area contributed by atoms with Gasteiger partial charge in [0.25, 0.3) is 0 Å². The molecule has 160 valence electrons. The van der Waals surface area contributed by atoms with Crippen LogP contribution in [0.4, 0.5) is 11.9 Å². The fraction of sp³-hybridized carbons (Fsp3) is 0.579. The molecule has 0 unspecified atom stereocenters. The van der Waals surface area contributed by atoms with Crippen molar-refractivity contribution in [2.24, 2.45) is 5.41 Å². The fourth-order valence-corrected chi connectivity index (χ4v) is 6.45. The minimum atomic E-state index is -3.27. The number of aromatic amines is 1. The second-order valence-electron chi connectivity index (χ2n) is 7.85. The Kier molecular flexibility index (Phi) is 7.18. The fourth-order valence-electron chi connectivity index (χ4n) is 4.02. The van der Waals surface area contributed by atoms with Gasteiger partial charge in [0.2, 0.25) is 11.9 Å². The van der Waals surface area contributed by atoms with E-state index in [1.54, 1.807) is 0 Å². The lowest BCUT2D eigenvalue weighted by molar-refractivity contribution is 0.209. The van der Waals surface area contributed by atoms with E-state index in [1.165, 1.54) is 0 Å². The molecule has 1 fully saturated rings. The number of benzene rings is 1. The molecule has 1 aromatic carbocycles. The van der Waals surface area contributed by atoms with Crippen LogP contribution in [0.2, 0.25) is 0 Å². The van der Waals surface area contributed by atoms with Crippen LogP contribution < -0.4 is 10.6 Å². The third-order valence-corrected chi connectivity index (χ3v) is 7.89. The van der Waals surface area contributed by atoms with E-state index >= 15 is 0 Å². The molecule has 1 aliphatic heterocycles. The Morgan fingerprint density at radius 1 is 1.21 bits per heavy atom. The summed E-state index contributed by atoms with van der Waals surface area (Å²) < 4.78 is 27.0. The molecule has 8 nitrogen and oxygen atoms in total. The number of nitrogen functional groups attached to an aromatic ring is 1. The van der Waals surface area contributed by atoms with Crippen molar-refractivity contribution >= 4 is 37.7 Å². The van der Waals surface area contributed by atoms with E-state index < -0.39 is 9.84 Å².